The van der Waals surface area contributed by atoms with Crippen LogP contribution in [0, 0.1) is 11.5 Å². The lowest BCUT2D eigenvalue weighted by atomic mass is 10.2. The second-order valence-corrected chi connectivity index (χ2v) is 3.86. The highest BCUT2D eigenvalue weighted by Gasteiger charge is 2.05. The maximum atomic E-state index is 11.6. The molecule has 0 aliphatic carbocycles. The first-order valence-electron chi connectivity index (χ1n) is 5.64. The molecular formula is C14H13N4O. The van der Waals surface area contributed by atoms with E-state index in [4.69, 9.17) is 11.1 Å². The average molecular weight is 253 g/mol. The molecule has 2 rings (SSSR count). The Hall–Kier alpha value is -2.82. The van der Waals surface area contributed by atoms with Crippen molar-refractivity contribution < 1.29 is 4.79 Å². The Balaban J connectivity index is 2.06. The van der Waals surface area contributed by atoms with Crippen LogP contribution in [0.25, 0.3) is 0 Å². The number of nitrogens with two attached hydrogens (primary N) is 1. The lowest BCUT2D eigenvalue weighted by molar-refractivity contribution is 0.0976. The van der Waals surface area contributed by atoms with E-state index in [2.05, 4.69) is 16.7 Å². The molecule has 0 saturated carbocycles. The zero-order valence-electron chi connectivity index (χ0n) is 10.1. The van der Waals surface area contributed by atoms with E-state index in [-0.39, 0.29) is 5.96 Å². The van der Waals surface area contributed by atoms with Crippen molar-refractivity contribution in [2.75, 3.05) is 5.32 Å². The standard InChI is InChI=1S/C14H13N4O/c15-14(16)18-13(19)10-6-8-12(9-7-10)17-11-4-2-1-3-5-11/h2-9,17H,(H4,15,16,18,19). The summed E-state index contributed by atoms with van der Waals surface area (Å²) in [6.07, 6.45) is 0. The van der Waals surface area contributed by atoms with Gasteiger partial charge in [0.1, 0.15) is 0 Å². The summed E-state index contributed by atoms with van der Waals surface area (Å²) in [6, 6.07) is 17.3. The van der Waals surface area contributed by atoms with Crippen LogP contribution in [0.4, 0.5) is 11.4 Å². The van der Waals surface area contributed by atoms with Crippen LogP contribution in [0.3, 0.4) is 0 Å². The van der Waals surface area contributed by atoms with Crippen LogP contribution in [0.2, 0.25) is 0 Å². The molecule has 0 aliphatic heterocycles. The molecule has 2 aromatic rings. The van der Waals surface area contributed by atoms with Crippen molar-refractivity contribution in [3.05, 3.63) is 60.2 Å². The first-order chi connectivity index (χ1) is 9.15. The summed E-state index contributed by atoms with van der Waals surface area (Å²) in [6.45, 7) is 0. The fraction of sp³-hybridized carbons (Fsp3) is 0. The number of benzene rings is 2. The van der Waals surface area contributed by atoms with E-state index in [0.29, 0.717) is 5.56 Å². The van der Waals surface area contributed by atoms with Crippen LogP contribution in [-0.4, -0.2) is 11.9 Å². The summed E-state index contributed by atoms with van der Waals surface area (Å²) in [4.78, 5) is 11.6. The third-order valence-corrected chi connectivity index (χ3v) is 2.40. The molecule has 0 spiro atoms. The Morgan fingerprint density at radius 1 is 1.05 bits per heavy atom. The normalized spacial score (nSPS) is 9.68. The van der Waals surface area contributed by atoms with Gasteiger partial charge in [0.2, 0.25) is 0 Å². The molecule has 5 nitrogen and oxygen atoms in total. The fourth-order valence-corrected chi connectivity index (χ4v) is 1.54. The van der Waals surface area contributed by atoms with Crippen molar-refractivity contribution in [2.45, 2.75) is 0 Å². The molecule has 1 amide bonds. The topological polar surface area (TPSA) is 91.0 Å². The molecule has 0 atom stereocenters. The molecule has 0 fully saturated rings. The molecule has 5 N–H and O–H groups in total. The lowest BCUT2D eigenvalue weighted by Gasteiger charge is -2.07. The van der Waals surface area contributed by atoms with E-state index in [1.165, 1.54) is 0 Å². The summed E-state index contributed by atoms with van der Waals surface area (Å²) in [7, 11) is 0. The molecule has 5 heteroatoms. The largest absolute Gasteiger partial charge is 0.370 e. The molecule has 1 radical (unpaired) electrons. The van der Waals surface area contributed by atoms with Gasteiger partial charge in [0, 0.05) is 16.9 Å². The van der Waals surface area contributed by atoms with Crippen molar-refractivity contribution in [2.24, 2.45) is 5.73 Å². The van der Waals surface area contributed by atoms with Gasteiger partial charge in [-0.3, -0.25) is 15.5 Å². The number of amides is 1. The summed E-state index contributed by atoms with van der Waals surface area (Å²) in [5, 5.41) is 12.4. The molecule has 95 valence electrons. The van der Waals surface area contributed by atoms with Gasteiger partial charge in [-0.15, -0.1) is 0 Å². The Bertz CT molecular complexity index is 578. The second-order valence-electron chi connectivity index (χ2n) is 3.86. The Kier molecular flexibility index (Phi) is 3.78. The van der Waals surface area contributed by atoms with Gasteiger partial charge in [0.15, 0.2) is 5.96 Å². The number of carbonyl (C=O) groups is 1. The SMILES string of the molecule is N=C(N)NC(=O)c1ccc(Nc2cc[c]cc2)cc1. The quantitative estimate of drug-likeness (QED) is 0.497. The van der Waals surface area contributed by atoms with E-state index in [1.54, 1.807) is 24.3 Å². The summed E-state index contributed by atoms with van der Waals surface area (Å²) in [5.74, 6) is -0.763. The van der Waals surface area contributed by atoms with Crippen molar-refractivity contribution in [3.8, 4) is 0 Å². The van der Waals surface area contributed by atoms with Crippen LogP contribution >= 0.6 is 0 Å². The molecule has 0 unspecified atom stereocenters. The highest BCUT2D eigenvalue weighted by molar-refractivity contribution is 6.04. The van der Waals surface area contributed by atoms with Crippen LogP contribution in [0.15, 0.2) is 48.5 Å². The Morgan fingerprint density at radius 3 is 2.21 bits per heavy atom. The first-order valence-corrected chi connectivity index (χ1v) is 5.64. The van der Waals surface area contributed by atoms with Crippen LogP contribution in [0.1, 0.15) is 10.4 Å². The van der Waals surface area contributed by atoms with Gasteiger partial charge in [-0.05, 0) is 42.5 Å². The van der Waals surface area contributed by atoms with Gasteiger partial charge < -0.3 is 11.1 Å². The van der Waals surface area contributed by atoms with Gasteiger partial charge in [-0.1, -0.05) is 12.1 Å². The molecule has 0 saturated heterocycles. The molecule has 0 aliphatic rings. The fourth-order valence-electron chi connectivity index (χ4n) is 1.54. The van der Waals surface area contributed by atoms with Crippen molar-refractivity contribution >= 4 is 23.2 Å². The van der Waals surface area contributed by atoms with Crippen LogP contribution in [-0.2, 0) is 0 Å². The highest BCUT2D eigenvalue weighted by Crippen LogP contribution is 2.16. The lowest BCUT2D eigenvalue weighted by Crippen LogP contribution is -2.35. The number of hydrogen-bond acceptors (Lipinski definition) is 3. The second kappa shape index (κ2) is 5.68. The highest BCUT2D eigenvalue weighted by atomic mass is 16.1. The Labute approximate surface area is 111 Å². The minimum absolute atomic E-state index is 0.368. The zero-order valence-corrected chi connectivity index (χ0v) is 10.1. The van der Waals surface area contributed by atoms with Gasteiger partial charge in [0.05, 0.1) is 0 Å². The van der Waals surface area contributed by atoms with Crippen molar-refractivity contribution in [3.63, 3.8) is 0 Å². The molecular weight excluding hydrogens is 240 g/mol. The summed E-state index contributed by atoms with van der Waals surface area (Å²) in [5.41, 5.74) is 7.36. The Morgan fingerprint density at radius 2 is 1.63 bits per heavy atom. The smallest absolute Gasteiger partial charge is 0.257 e. The van der Waals surface area contributed by atoms with Crippen LogP contribution in [0.5, 0.6) is 0 Å². The molecule has 0 aromatic heterocycles. The third-order valence-electron chi connectivity index (χ3n) is 2.40. The number of hydrogen-bond donors (Lipinski definition) is 4. The van der Waals surface area contributed by atoms with Gasteiger partial charge in [0.25, 0.3) is 5.91 Å². The number of rotatable bonds is 3. The average Bonchev–Trinajstić information content (AvgIpc) is 2.40. The first kappa shape index (κ1) is 12.6. The van der Waals surface area contributed by atoms with E-state index >= 15 is 0 Å². The molecule has 0 heterocycles. The van der Waals surface area contributed by atoms with E-state index in [1.807, 2.05) is 24.3 Å². The molecule has 19 heavy (non-hydrogen) atoms. The van der Waals surface area contributed by atoms with Crippen molar-refractivity contribution in [1.29, 1.82) is 5.41 Å². The van der Waals surface area contributed by atoms with Gasteiger partial charge >= 0.3 is 0 Å². The monoisotopic (exact) mass is 253 g/mol. The van der Waals surface area contributed by atoms with E-state index < -0.39 is 5.91 Å². The zero-order chi connectivity index (χ0) is 13.7. The molecule has 0 bridgehead atoms. The third kappa shape index (κ3) is 3.57. The summed E-state index contributed by atoms with van der Waals surface area (Å²) < 4.78 is 0. The maximum Gasteiger partial charge on any atom is 0.257 e. The van der Waals surface area contributed by atoms with Crippen LogP contribution < -0.4 is 16.4 Å². The minimum Gasteiger partial charge on any atom is -0.370 e. The number of anilines is 2. The number of guanidine groups is 1. The molecule has 2 aromatic carbocycles. The predicted octanol–water partition coefficient (Wildman–Crippen LogP) is 1.85. The summed E-state index contributed by atoms with van der Waals surface area (Å²) >= 11 is 0. The van der Waals surface area contributed by atoms with Crippen molar-refractivity contribution in [1.82, 2.24) is 5.32 Å². The number of nitrogens with one attached hydrogen (secondary N) is 3. The maximum absolute atomic E-state index is 11.6. The van der Waals surface area contributed by atoms with E-state index in [0.717, 1.165) is 11.4 Å². The van der Waals surface area contributed by atoms with E-state index in [9.17, 15) is 4.79 Å². The van der Waals surface area contributed by atoms with Gasteiger partial charge in [-0.25, -0.2) is 0 Å². The predicted molar refractivity (Wildman–Crippen MR) is 74.4 cm³/mol. The van der Waals surface area contributed by atoms with Gasteiger partial charge in [-0.2, -0.15) is 0 Å². The number of carbonyl (C=O) groups excluding carboxylic acids is 1. The minimum atomic E-state index is -0.395.